The minimum atomic E-state index is -5.09. The van der Waals surface area contributed by atoms with Crippen molar-refractivity contribution in [1.29, 1.82) is 0 Å². The topological polar surface area (TPSA) is 78.8 Å². The number of hydrogen-bond donors (Lipinski definition) is 3. The molecule has 0 bridgehead atoms. The number of alkyl halides is 6. The first kappa shape index (κ1) is 23.0. The molecule has 0 spiro atoms. The number of aliphatic hydroxyl groups is 2. The lowest BCUT2D eigenvalue weighted by atomic mass is 9.98. The van der Waals surface area contributed by atoms with E-state index in [-0.39, 0.29) is 6.07 Å². The van der Waals surface area contributed by atoms with Crippen molar-refractivity contribution in [2.75, 3.05) is 6.54 Å². The summed E-state index contributed by atoms with van der Waals surface area (Å²) < 4.78 is 81.8. The largest absolute Gasteiger partial charge is 0.444 e. The quantitative estimate of drug-likeness (QED) is 0.671. The summed E-state index contributed by atoms with van der Waals surface area (Å²) >= 11 is 0. The molecule has 3 N–H and O–H groups in total. The van der Waals surface area contributed by atoms with Crippen LogP contribution in [0.25, 0.3) is 0 Å². The van der Waals surface area contributed by atoms with Crippen LogP contribution >= 0.6 is 0 Å². The molecule has 0 saturated heterocycles. The molecule has 0 aliphatic carbocycles. The Balaban J connectivity index is 3.01. The highest BCUT2D eigenvalue weighted by Gasteiger charge is 2.38. The van der Waals surface area contributed by atoms with Crippen LogP contribution in [0.1, 0.15) is 43.6 Å². The van der Waals surface area contributed by atoms with Gasteiger partial charge in [-0.3, -0.25) is 0 Å². The molecule has 2 unspecified atom stereocenters. The maximum Gasteiger partial charge on any atom is 0.416 e. The van der Waals surface area contributed by atoms with Crippen molar-refractivity contribution in [3.05, 3.63) is 34.9 Å². The van der Waals surface area contributed by atoms with E-state index in [1.807, 2.05) is 0 Å². The van der Waals surface area contributed by atoms with Crippen molar-refractivity contribution in [1.82, 2.24) is 5.32 Å². The van der Waals surface area contributed by atoms with E-state index in [2.05, 4.69) is 5.32 Å². The van der Waals surface area contributed by atoms with Crippen LogP contribution in [0, 0.1) is 0 Å². The second-order valence-corrected chi connectivity index (χ2v) is 6.73. The molecule has 2 atom stereocenters. The minimum absolute atomic E-state index is 0.0957. The van der Waals surface area contributed by atoms with Crippen LogP contribution in [0.4, 0.5) is 31.1 Å². The SMILES string of the molecule is CC(C)(C)OC(=O)NCC(O)C(O)c1cc(C(F)(F)F)cc(C(F)(F)F)c1. The minimum Gasteiger partial charge on any atom is -0.444 e. The predicted molar refractivity (Wildman–Crippen MR) is 81.6 cm³/mol. The molecule has 0 aliphatic rings. The number of halogens is 6. The van der Waals surface area contributed by atoms with E-state index < -0.39 is 59.5 Å². The van der Waals surface area contributed by atoms with Gasteiger partial charge in [0.2, 0.25) is 0 Å². The van der Waals surface area contributed by atoms with Gasteiger partial charge < -0.3 is 20.3 Å². The fourth-order valence-corrected chi connectivity index (χ4v) is 1.99. The van der Waals surface area contributed by atoms with E-state index in [9.17, 15) is 41.4 Å². The van der Waals surface area contributed by atoms with Gasteiger partial charge in [-0.15, -0.1) is 0 Å². The number of carbonyl (C=O) groups excluding carboxylic acids is 1. The second-order valence-electron chi connectivity index (χ2n) is 6.73. The number of hydrogen-bond acceptors (Lipinski definition) is 4. The number of ether oxygens (including phenoxy) is 1. The third-order valence-corrected chi connectivity index (χ3v) is 3.17. The van der Waals surface area contributed by atoms with Gasteiger partial charge in [0.05, 0.1) is 11.1 Å². The molecular formula is C16H19F6NO4. The molecule has 0 aromatic heterocycles. The maximum absolute atomic E-state index is 12.8. The number of alkyl carbamates (subject to hydrolysis) is 1. The lowest BCUT2D eigenvalue weighted by molar-refractivity contribution is -0.143. The van der Waals surface area contributed by atoms with E-state index >= 15 is 0 Å². The third kappa shape index (κ3) is 7.25. The Morgan fingerprint density at radius 2 is 1.44 bits per heavy atom. The highest BCUT2D eigenvalue weighted by molar-refractivity contribution is 5.67. The first-order valence-corrected chi connectivity index (χ1v) is 7.63. The molecule has 0 heterocycles. The molecule has 1 amide bonds. The van der Waals surface area contributed by atoms with Crippen molar-refractivity contribution in [2.24, 2.45) is 0 Å². The highest BCUT2D eigenvalue weighted by Crippen LogP contribution is 2.37. The number of amides is 1. The third-order valence-electron chi connectivity index (χ3n) is 3.17. The van der Waals surface area contributed by atoms with Gasteiger partial charge in [-0.25, -0.2) is 4.79 Å². The average Bonchev–Trinajstić information content (AvgIpc) is 2.48. The number of benzene rings is 1. The molecule has 1 aromatic carbocycles. The summed E-state index contributed by atoms with van der Waals surface area (Å²) in [6, 6.07) is 0.509. The van der Waals surface area contributed by atoms with Crippen LogP contribution in [0.15, 0.2) is 18.2 Å². The molecule has 11 heteroatoms. The van der Waals surface area contributed by atoms with E-state index in [1.165, 1.54) is 0 Å². The lowest BCUT2D eigenvalue weighted by Crippen LogP contribution is -2.39. The Morgan fingerprint density at radius 3 is 1.81 bits per heavy atom. The summed E-state index contributed by atoms with van der Waals surface area (Å²) in [5.41, 5.74) is -4.91. The smallest absolute Gasteiger partial charge is 0.416 e. The van der Waals surface area contributed by atoms with Crippen molar-refractivity contribution in [2.45, 2.75) is 50.9 Å². The number of rotatable bonds is 4. The molecule has 0 aliphatic heterocycles. The van der Waals surface area contributed by atoms with Crippen LogP contribution in [0.5, 0.6) is 0 Å². The number of carbonyl (C=O) groups is 1. The zero-order chi connectivity index (χ0) is 21.2. The molecule has 1 rings (SSSR count). The van der Waals surface area contributed by atoms with Crippen molar-refractivity contribution in [3.8, 4) is 0 Å². The summed E-state index contributed by atoms with van der Waals surface area (Å²) in [5.74, 6) is 0. The number of aliphatic hydroxyl groups excluding tert-OH is 2. The molecule has 0 saturated carbocycles. The van der Waals surface area contributed by atoms with E-state index in [1.54, 1.807) is 20.8 Å². The Morgan fingerprint density at radius 1 is 1.00 bits per heavy atom. The van der Waals surface area contributed by atoms with Crippen LogP contribution in [0.2, 0.25) is 0 Å². The summed E-state index contributed by atoms with van der Waals surface area (Å²) in [5, 5.41) is 21.8. The van der Waals surface area contributed by atoms with E-state index in [4.69, 9.17) is 4.74 Å². The molecule has 0 fully saturated rings. The van der Waals surface area contributed by atoms with Gasteiger partial charge in [0.25, 0.3) is 0 Å². The van der Waals surface area contributed by atoms with Gasteiger partial charge in [0.1, 0.15) is 17.8 Å². The molecule has 1 aromatic rings. The summed E-state index contributed by atoms with van der Waals surface area (Å²) in [6.45, 7) is 4.01. The number of nitrogens with one attached hydrogen (secondary N) is 1. The Labute approximate surface area is 150 Å². The highest BCUT2D eigenvalue weighted by atomic mass is 19.4. The normalized spacial score (nSPS) is 15.2. The fourth-order valence-electron chi connectivity index (χ4n) is 1.99. The van der Waals surface area contributed by atoms with Crippen LogP contribution in [0.3, 0.4) is 0 Å². The summed E-state index contributed by atoms with van der Waals surface area (Å²) in [7, 11) is 0. The Kier molecular flexibility index (Phi) is 6.76. The molecule has 154 valence electrons. The van der Waals surface area contributed by atoms with Gasteiger partial charge in [-0.1, -0.05) is 0 Å². The molecule has 27 heavy (non-hydrogen) atoms. The van der Waals surface area contributed by atoms with Gasteiger partial charge in [0.15, 0.2) is 0 Å². The maximum atomic E-state index is 12.8. The first-order chi connectivity index (χ1) is 12.0. The van der Waals surface area contributed by atoms with Crippen molar-refractivity contribution in [3.63, 3.8) is 0 Å². The first-order valence-electron chi connectivity index (χ1n) is 7.63. The van der Waals surface area contributed by atoms with Crippen LogP contribution in [-0.4, -0.2) is 34.6 Å². The summed E-state index contributed by atoms with van der Waals surface area (Å²) in [6.07, 6.45) is -15.1. The molecule has 0 radical (unpaired) electrons. The monoisotopic (exact) mass is 403 g/mol. The zero-order valence-electron chi connectivity index (χ0n) is 14.6. The van der Waals surface area contributed by atoms with Crippen LogP contribution in [-0.2, 0) is 17.1 Å². The van der Waals surface area contributed by atoms with E-state index in [0.29, 0.717) is 12.1 Å². The lowest BCUT2D eigenvalue weighted by Gasteiger charge is -2.23. The zero-order valence-corrected chi connectivity index (χ0v) is 14.6. The predicted octanol–water partition coefficient (Wildman–Crippen LogP) is 3.64. The fraction of sp³-hybridized carbons (Fsp3) is 0.562. The van der Waals surface area contributed by atoms with Crippen molar-refractivity contribution < 1.29 is 46.1 Å². The Bertz CT molecular complexity index is 634. The summed E-state index contributed by atoms with van der Waals surface area (Å²) in [4.78, 5) is 11.5. The van der Waals surface area contributed by atoms with Crippen LogP contribution < -0.4 is 5.32 Å². The van der Waals surface area contributed by atoms with Gasteiger partial charge in [-0.2, -0.15) is 26.3 Å². The van der Waals surface area contributed by atoms with Gasteiger partial charge >= 0.3 is 18.4 Å². The molecule has 5 nitrogen and oxygen atoms in total. The average molecular weight is 403 g/mol. The van der Waals surface area contributed by atoms with E-state index in [0.717, 1.165) is 0 Å². The van der Waals surface area contributed by atoms with Gasteiger partial charge in [0, 0.05) is 6.54 Å². The van der Waals surface area contributed by atoms with Crippen molar-refractivity contribution >= 4 is 6.09 Å². The standard InChI is InChI=1S/C16H19F6NO4/c1-14(2,3)27-13(26)23-7-11(24)12(25)8-4-9(15(17,18)19)6-10(5-8)16(20,21)22/h4-6,11-12,24-25H,7H2,1-3H3,(H,23,26). The Hall–Kier alpha value is -2.01. The molecular weight excluding hydrogens is 384 g/mol. The second kappa shape index (κ2) is 7.93. The van der Waals surface area contributed by atoms with Gasteiger partial charge in [-0.05, 0) is 44.5 Å².